The summed E-state index contributed by atoms with van der Waals surface area (Å²) in [4.78, 5) is 6.96. The van der Waals surface area contributed by atoms with Crippen LogP contribution in [0.4, 0.5) is 5.69 Å². The van der Waals surface area contributed by atoms with Crippen LogP contribution < -0.4 is 15.5 Å². The number of rotatable bonds is 5. The van der Waals surface area contributed by atoms with Crippen molar-refractivity contribution in [2.45, 2.75) is 43.4 Å². The number of hydrogen-bond acceptors (Lipinski definition) is 4. The molecule has 0 spiro atoms. The van der Waals surface area contributed by atoms with Crippen LogP contribution in [0.2, 0.25) is 0 Å². The third kappa shape index (κ3) is 6.42. The zero-order chi connectivity index (χ0) is 19.1. The van der Waals surface area contributed by atoms with Gasteiger partial charge in [-0.1, -0.05) is 17.7 Å². The quantitative estimate of drug-likeness (QED) is 0.354. The molecule has 2 N–H and O–H groups in total. The Morgan fingerprint density at radius 1 is 1.29 bits per heavy atom. The monoisotopic (exact) mass is 518 g/mol. The molecule has 1 unspecified atom stereocenters. The van der Waals surface area contributed by atoms with E-state index in [2.05, 4.69) is 58.0 Å². The molecule has 1 aromatic carbocycles. The molecule has 28 heavy (non-hydrogen) atoms. The lowest BCUT2D eigenvalue weighted by atomic mass is 9.99. The van der Waals surface area contributed by atoms with Gasteiger partial charge in [0.1, 0.15) is 0 Å². The Hall–Kier alpha value is -0.670. The van der Waals surface area contributed by atoms with Gasteiger partial charge in [0.25, 0.3) is 0 Å². The van der Waals surface area contributed by atoms with E-state index in [9.17, 15) is 0 Å². The third-order valence-electron chi connectivity index (χ3n) is 5.80. The summed E-state index contributed by atoms with van der Waals surface area (Å²) in [6.45, 7) is 6.95. The van der Waals surface area contributed by atoms with E-state index in [4.69, 9.17) is 4.74 Å². The molecular weight excluding hydrogens is 483 g/mol. The Bertz CT molecular complexity index is 619. The van der Waals surface area contributed by atoms with Gasteiger partial charge in [0.2, 0.25) is 0 Å². The van der Waals surface area contributed by atoms with Crippen molar-refractivity contribution in [3.8, 4) is 0 Å². The van der Waals surface area contributed by atoms with E-state index in [1.165, 1.54) is 24.1 Å². The highest BCUT2D eigenvalue weighted by Gasteiger charge is 2.32. The fourth-order valence-corrected chi connectivity index (χ4v) is 4.71. The van der Waals surface area contributed by atoms with Gasteiger partial charge >= 0.3 is 0 Å². The highest BCUT2D eigenvalue weighted by Crippen LogP contribution is 2.33. The number of nitrogens with one attached hydrogen (secondary N) is 2. The van der Waals surface area contributed by atoms with Gasteiger partial charge < -0.3 is 20.3 Å². The maximum absolute atomic E-state index is 5.55. The summed E-state index contributed by atoms with van der Waals surface area (Å²) in [5.41, 5.74) is 2.63. The minimum atomic E-state index is 0. The average molecular weight is 519 g/mol. The Labute approximate surface area is 191 Å². The van der Waals surface area contributed by atoms with Gasteiger partial charge in [-0.15, -0.1) is 24.0 Å². The van der Waals surface area contributed by atoms with Crippen molar-refractivity contribution >= 4 is 47.4 Å². The Balaban J connectivity index is 0.00000280. The summed E-state index contributed by atoms with van der Waals surface area (Å²) in [6, 6.07) is 9.29. The molecule has 0 radical (unpaired) electrons. The van der Waals surface area contributed by atoms with Crippen molar-refractivity contribution in [2.75, 3.05) is 51.1 Å². The number of hydrogen-bond donors (Lipinski definition) is 2. The minimum Gasteiger partial charge on any atom is -0.381 e. The van der Waals surface area contributed by atoms with Crippen molar-refractivity contribution in [1.29, 1.82) is 0 Å². The molecule has 0 saturated carbocycles. The van der Waals surface area contributed by atoms with Crippen molar-refractivity contribution in [1.82, 2.24) is 10.6 Å². The van der Waals surface area contributed by atoms with Crippen LogP contribution >= 0.6 is 35.7 Å². The molecule has 0 aromatic heterocycles. The first-order valence-corrected chi connectivity index (χ1v) is 11.3. The first-order valence-electron chi connectivity index (χ1n) is 10.1. The predicted molar refractivity (Wildman–Crippen MR) is 133 cm³/mol. The normalized spacial score (nSPS) is 22.3. The van der Waals surface area contributed by atoms with Crippen LogP contribution in [-0.4, -0.2) is 62.9 Å². The van der Waals surface area contributed by atoms with E-state index in [0.717, 1.165) is 51.6 Å². The molecule has 7 heteroatoms. The summed E-state index contributed by atoms with van der Waals surface area (Å²) in [5, 5.41) is 7.24. The van der Waals surface area contributed by atoms with Crippen LogP contribution in [0.1, 0.15) is 31.2 Å². The van der Waals surface area contributed by atoms with E-state index in [1.54, 1.807) is 0 Å². The molecule has 2 aliphatic heterocycles. The molecule has 3 rings (SSSR count). The van der Waals surface area contributed by atoms with Gasteiger partial charge in [-0.2, -0.15) is 11.8 Å². The highest BCUT2D eigenvalue weighted by molar-refractivity contribution is 14.0. The number of halogens is 1. The minimum absolute atomic E-state index is 0. The van der Waals surface area contributed by atoms with Crippen molar-refractivity contribution in [3.05, 3.63) is 29.8 Å². The summed E-state index contributed by atoms with van der Waals surface area (Å²) in [6.07, 6.45) is 6.80. The van der Waals surface area contributed by atoms with Crippen LogP contribution in [0.25, 0.3) is 0 Å². The van der Waals surface area contributed by atoms with Crippen LogP contribution in [0.5, 0.6) is 0 Å². The summed E-state index contributed by atoms with van der Waals surface area (Å²) < 4.78 is 5.81. The lowest BCUT2D eigenvalue weighted by molar-refractivity contribution is 0.0782. The SMILES string of the molecule is CN=C(NCC1(SC)CCOCC1)NC1CCCN(c2ccc(C)cc2)C1.I. The van der Waals surface area contributed by atoms with E-state index in [1.807, 2.05) is 18.8 Å². The zero-order valence-corrected chi connectivity index (χ0v) is 20.5. The van der Waals surface area contributed by atoms with Crippen molar-refractivity contribution < 1.29 is 4.74 Å². The van der Waals surface area contributed by atoms with E-state index < -0.39 is 0 Å². The molecule has 1 aromatic rings. The first-order chi connectivity index (χ1) is 13.1. The molecule has 2 aliphatic rings. The van der Waals surface area contributed by atoms with Gasteiger partial charge in [-0.05, 0) is 51.0 Å². The van der Waals surface area contributed by atoms with Crippen LogP contribution in [0.3, 0.4) is 0 Å². The molecule has 2 heterocycles. The van der Waals surface area contributed by atoms with E-state index in [-0.39, 0.29) is 28.7 Å². The Morgan fingerprint density at radius 3 is 2.64 bits per heavy atom. The Morgan fingerprint density at radius 2 is 2.00 bits per heavy atom. The summed E-state index contributed by atoms with van der Waals surface area (Å²) >= 11 is 1.96. The first kappa shape index (κ1) is 23.6. The number of thioether (sulfide) groups is 1. The molecule has 2 saturated heterocycles. The molecular formula is C21H35IN4OS. The molecule has 1 atom stereocenters. The number of aryl methyl sites for hydroxylation is 1. The van der Waals surface area contributed by atoms with Crippen molar-refractivity contribution in [3.63, 3.8) is 0 Å². The molecule has 0 aliphatic carbocycles. The number of ether oxygens (including phenoxy) is 1. The van der Waals surface area contributed by atoms with Gasteiger partial charge in [-0.25, -0.2) is 0 Å². The summed E-state index contributed by atoms with van der Waals surface area (Å²) in [7, 11) is 1.87. The maximum Gasteiger partial charge on any atom is 0.191 e. The van der Waals surface area contributed by atoms with Gasteiger partial charge in [0.05, 0.1) is 0 Å². The largest absolute Gasteiger partial charge is 0.381 e. The molecule has 158 valence electrons. The zero-order valence-electron chi connectivity index (χ0n) is 17.4. The fraction of sp³-hybridized carbons (Fsp3) is 0.667. The number of nitrogens with zero attached hydrogens (tertiary/aromatic N) is 2. The molecule has 2 fully saturated rings. The topological polar surface area (TPSA) is 48.9 Å². The standard InChI is InChI=1S/C21H34N4OS.HI/c1-17-6-8-19(9-7-17)25-12-4-5-18(15-25)24-20(22-2)23-16-21(27-3)10-13-26-14-11-21;/h6-9,18H,4-5,10-16H2,1-3H3,(H2,22,23,24);1H. The van der Waals surface area contributed by atoms with Crippen LogP contribution in [0.15, 0.2) is 29.3 Å². The lowest BCUT2D eigenvalue weighted by Crippen LogP contribution is -2.53. The summed E-state index contributed by atoms with van der Waals surface area (Å²) in [5.74, 6) is 0.922. The third-order valence-corrected chi connectivity index (χ3v) is 7.22. The van der Waals surface area contributed by atoms with E-state index in [0.29, 0.717) is 6.04 Å². The van der Waals surface area contributed by atoms with Gasteiger partial charge in [0, 0.05) is 56.4 Å². The number of anilines is 1. The highest BCUT2D eigenvalue weighted by atomic mass is 127. The fourth-order valence-electron chi connectivity index (χ4n) is 3.91. The lowest BCUT2D eigenvalue weighted by Gasteiger charge is -2.38. The van der Waals surface area contributed by atoms with Crippen LogP contribution in [0, 0.1) is 6.92 Å². The number of guanidine groups is 1. The maximum atomic E-state index is 5.55. The Kier molecular flexibility index (Phi) is 9.69. The molecule has 0 amide bonds. The smallest absolute Gasteiger partial charge is 0.191 e. The second kappa shape index (κ2) is 11.5. The molecule has 5 nitrogen and oxygen atoms in total. The second-order valence-corrected chi connectivity index (χ2v) is 8.96. The predicted octanol–water partition coefficient (Wildman–Crippen LogP) is 3.66. The number of benzene rings is 1. The second-order valence-electron chi connectivity index (χ2n) is 7.69. The molecule has 0 bridgehead atoms. The van der Waals surface area contributed by atoms with Gasteiger partial charge in [0.15, 0.2) is 5.96 Å². The number of piperidine rings is 1. The van der Waals surface area contributed by atoms with Gasteiger partial charge in [-0.3, -0.25) is 4.99 Å². The number of aliphatic imine (C=N–C) groups is 1. The average Bonchev–Trinajstić information content (AvgIpc) is 2.72. The van der Waals surface area contributed by atoms with E-state index >= 15 is 0 Å². The van der Waals surface area contributed by atoms with Crippen molar-refractivity contribution in [2.24, 2.45) is 4.99 Å². The van der Waals surface area contributed by atoms with Crippen LogP contribution in [-0.2, 0) is 4.74 Å².